The summed E-state index contributed by atoms with van der Waals surface area (Å²) < 4.78 is 6.43. The summed E-state index contributed by atoms with van der Waals surface area (Å²) in [5, 5.41) is 4.31. The smallest absolute Gasteiger partial charge is 0.133 e. The van der Waals surface area contributed by atoms with E-state index in [2.05, 4.69) is 69.8 Å². The molecule has 2 aromatic heterocycles. The summed E-state index contributed by atoms with van der Waals surface area (Å²) in [5.74, 6) is 0.909. The van der Waals surface area contributed by atoms with Gasteiger partial charge in [0, 0.05) is 9.99 Å². The molecule has 2 heterocycles. The number of benzene rings is 1. The van der Waals surface area contributed by atoms with E-state index in [1.165, 1.54) is 16.7 Å². The number of hydrogen-bond donors (Lipinski definition) is 0. The van der Waals surface area contributed by atoms with Gasteiger partial charge in [0.05, 0.1) is 6.26 Å². The lowest BCUT2D eigenvalue weighted by molar-refractivity contribution is 0.582. The molecule has 0 aliphatic heterocycles. The average molecular weight is 392 g/mol. The van der Waals surface area contributed by atoms with Crippen molar-refractivity contribution in [3.63, 3.8) is 0 Å². The molecule has 0 atom stereocenters. The Balaban J connectivity index is 1.95. The fourth-order valence-corrected chi connectivity index (χ4v) is 3.25. The van der Waals surface area contributed by atoms with Crippen molar-refractivity contribution in [3.05, 3.63) is 76.7 Å². The van der Waals surface area contributed by atoms with Crippen LogP contribution in [0, 0.1) is 0 Å². The van der Waals surface area contributed by atoms with Crippen LogP contribution in [0.2, 0.25) is 0 Å². The summed E-state index contributed by atoms with van der Waals surface area (Å²) in [6.07, 6.45) is 3.97. The van der Waals surface area contributed by atoms with Gasteiger partial charge in [0.2, 0.25) is 0 Å². The monoisotopic (exact) mass is 392 g/mol. The molecule has 0 amide bonds. The molecule has 0 N–H and O–H groups in total. The summed E-state index contributed by atoms with van der Waals surface area (Å²) in [4.78, 5) is 0. The van der Waals surface area contributed by atoms with Crippen LogP contribution >= 0.6 is 33.9 Å². The standard InChI is InChI=1S/C17H13IOS/c18-9-7-16(15-8-11-20-12-15)13-3-5-14(6-4-13)17-2-1-10-19-17/h1-8,10-12H,9H2/b16-7-. The Bertz CT molecular complexity index is 679. The van der Waals surface area contributed by atoms with Crippen molar-refractivity contribution in [2.75, 3.05) is 4.43 Å². The number of thiophene rings is 1. The second kappa shape index (κ2) is 6.41. The molecule has 3 aromatic rings. The van der Waals surface area contributed by atoms with E-state index < -0.39 is 0 Å². The zero-order valence-corrected chi connectivity index (χ0v) is 13.7. The normalized spacial score (nSPS) is 11.8. The lowest BCUT2D eigenvalue weighted by Crippen LogP contribution is -1.87. The van der Waals surface area contributed by atoms with Crippen LogP contribution in [0.25, 0.3) is 16.9 Å². The van der Waals surface area contributed by atoms with Gasteiger partial charge in [0.15, 0.2) is 0 Å². The molecule has 0 aliphatic carbocycles. The van der Waals surface area contributed by atoms with E-state index in [-0.39, 0.29) is 0 Å². The maximum absolute atomic E-state index is 5.43. The maximum atomic E-state index is 5.43. The third-order valence-corrected chi connectivity index (χ3v) is 4.24. The molecular formula is C17H13IOS. The van der Waals surface area contributed by atoms with Gasteiger partial charge in [0.1, 0.15) is 5.76 Å². The second-order valence-corrected chi connectivity index (χ2v) is 6.00. The molecule has 1 aromatic carbocycles. The average Bonchev–Trinajstić information content (AvgIpc) is 3.18. The maximum Gasteiger partial charge on any atom is 0.133 e. The van der Waals surface area contributed by atoms with Crippen molar-refractivity contribution in [3.8, 4) is 11.3 Å². The molecule has 20 heavy (non-hydrogen) atoms. The first kappa shape index (κ1) is 13.6. The summed E-state index contributed by atoms with van der Waals surface area (Å²) >= 11 is 4.11. The fourth-order valence-electron chi connectivity index (χ4n) is 2.15. The third-order valence-electron chi connectivity index (χ3n) is 3.12. The first-order valence-electron chi connectivity index (χ1n) is 6.31. The van der Waals surface area contributed by atoms with E-state index in [0.29, 0.717) is 0 Å². The van der Waals surface area contributed by atoms with Gasteiger partial charge in [-0.05, 0) is 45.7 Å². The van der Waals surface area contributed by atoms with Crippen molar-refractivity contribution in [2.24, 2.45) is 0 Å². The molecule has 0 bridgehead atoms. The Morgan fingerprint density at radius 3 is 2.55 bits per heavy atom. The van der Waals surface area contributed by atoms with Crippen LogP contribution in [0.3, 0.4) is 0 Å². The molecule has 1 nitrogen and oxygen atoms in total. The van der Waals surface area contributed by atoms with Crippen LogP contribution in [-0.2, 0) is 0 Å². The number of halogens is 1. The van der Waals surface area contributed by atoms with Gasteiger partial charge in [-0.2, -0.15) is 11.3 Å². The molecule has 0 unspecified atom stereocenters. The van der Waals surface area contributed by atoms with Crippen LogP contribution in [0.4, 0.5) is 0 Å². The zero-order valence-electron chi connectivity index (χ0n) is 10.8. The molecule has 0 radical (unpaired) electrons. The van der Waals surface area contributed by atoms with Gasteiger partial charge in [-0.3, -0.25) is 0 Å². The quantitative estimate of drug-likeness (QED) is 0.400. The highest BCUT2D eigenvalue weighted by Crippen LogP contribution is 2.28. The SMILES string of the molecule is IC/C=C(/c1ccc(-c2ccco2)cc1)c1ccsc1. The summed E-state index contributed by atoms with van der Waals surface area (Å²) in [6, 6.07) is 14.6. The highest BCUT2D eigenvalue weighted by Gasteiger charge is 2.06. The highest BCUT2D eigenvalue weighted by atomic mass is 127. The van der Waals surface area contributed by atoms with Crippen molar-refractivity contribution < 1.29 is 4.42 Å². The molecule has 100 valence electrons. The molecule has 0 spiro atoms. The number of alkyl halides is 1. The van der Waals surface area contributed by atoms with Crippen molar-refractivity contribution in [2.45, 2.75) is 0 Å². The first-order valence-corrected chi connectivity index (χ1v) is 8.78. The minimum absolute atomic E-state index is 0.909. The van der Waals surface area contributed by atoms with Gasteiger partial charge in [-0.25, -0.2) is 0 Å². The van der Waals surface area contributed by atoms with Crippen LogP contribution in [0.5, 0.6) is 0 Å². The predicted molar refractivity (Wildman–Crippen MR) is 94.4 cm³/mol. The number of rotatable bonds is 4. The van der Waals surface area contributed by atoms with Crippen molar-refractivity contribution in [1.82, 2.24) is 0 Å². The number of allylic oxidation sites excluding steroid dienone is 1. The van der Waals surface area contributed by atoms with Gasteiger partial charge < -0.3 is 4.42 Å². The molecule has 0 saturated carbocycles. The van der Waals surface area contributed by atoms with Gasteiger partial charge >= 0.3 is 0 Å². The topological polar surface area (TPSA) is 13.1 Å². The summed E-state index contributed by atoms with van der Waals surface area (Å²) in [6.45, 7) is 0. The van der Waals surface area contributed by atoms with Gasteiger partial charge in [-0.1, -0.05) is 52.9 Å². The van der Waals surface area contributed by atoms with Crippen molar-refractivity contribution >= 4 is 39.5 Å². The first-order chi connectivity index (χ1) is 9.88. The summed E-state index contributed by atoms with van der Waals surface area (Å²) in [7, 11) is 0. The Hall–Kier alpha value is -1.33. The van der Waals surface area contributed by atoms with E-state index in [1.807, 2.05) is 12.1 Å². The van der Waals surface area contributed by atoms with Crippen LogP contribution < -0.4 is 0 Å². The van der Waals surface area contributed by atoms with Gasteiger partial charge in [0.25, 0.3) is 0 Å². The second-order valence-electron chi connectivity index (χ2n) is 4.34. The number of furan rings is 1. The van der Waals surface area contributed by atoms with Gasteiger partial charge in [-0.15, -0.1) is 0 Å². The summed E-state index contributed by atoms with van der Waals surface area (Å²) in [5.41, 5.74) is 4.94. The minimum atomic E-state index is 0.909. The van der Waals surface area contributed by atoms with Crippen molar-refractivity contribution in [1.29, 1.82) is 0 Å². The van der Waals surface area contributed by atoms with E-state index in [0.717, 1.165) is 15.8 Å². The molecule has 0 saturated heterocycles. The Morgan fingerprint density at radius 2 is 1.95 bits per heavy atom. The Kier molecular flexibility index (Phi) is 4.38. The van der Waals surface area contributed by atoms with E-state index in [4.69, 9.17) is 4.42 Å². The van der Waals surface area contributed by atoms with E-state index >= 15 is 0 Å². The molecule has 0 fully saturated rings. The van der Waals surface area contributed by atoms with Crippen LogP contribution in [0.1, 0.15) is 11.1 Å². The Labute approximate surface area is 136 Å². The van der Waals surface area contributed by atoms with E-state index in [1.54, 1.807) is 17.6 Å². The largest absolute Gasteiger partial charge is 0.464 e. The Morgan fingerprint density at radius 1 is 1.10 bits per heavy atom. The minimum Gasteiger partial charge on any atom is -0.464 e. The molecule has 3 rings (SSSR count). The predicted octanol–water partition coefficient (Wildman–Crippen LogP) is 5.87. The lowest BCUT2D eigenvalue weighted by Gasteiger charge is -2.07. The zero-order chi connectivity index (χ0) is 13.8. The molecule has 0 aliphatic rings. The fraction of sp³-hybridized carbons (Fsp3) is 0.0588. The molecule has 3 heteroatoms. The van der Waals surface area contributed by atoms with E-state index in [9.17, 15) is 0 Å². The number of hydrogen-bond acceptors (Lipinski definition) is 2. The third kappa shape index (κ3) is 2.88. The molecular weight excluding hydrogens is 379 g/mol. The van der Waals surface area contributed by atoms with Crippen LogP contribution in [0.15, 0.2) is 70.0 Å². The highest BCUT2D eigenvalue weighted by molar-refractivity contribution is 14.1. The van der Waals surface area contributed by atoms with Crippen LogP contribution in [-0.4, -0.2) is 4.43 Å². The lowest BCUT2D eigenvalue weighted by atomic mass is 9.99.